The van der Waals surface area contributed by atoms with E-state index in [9.17, 15) is 31.6 Å². The van der Waals surface area contributed by atoms with E-state index in [1.54, 1.807) is 75.9 Å². The molecule has 0 aliphatic rings. The minimum absolute atomic E-state index is 0.0399. The van der Waals surface area contributed by atoms with Crippen molar-refractivity contribution in [1.29, 1.82) is 5.26 Å². The Morgan fingerprint density at radius 2 is 0.889 bits per heavy atom. The summed E-state index contributed by atoms with van der Waals surface area (Å²) in [5, 5.41) is 13.4. The lowest BCUT2D eigenvalue weighted by Gasteiger charge is -2.19. The van der Waals surface area contributed by atoms with Crippen molar-refractivity contribution in [3.63, 3.8) is 0 Å². The molecule has 3 aromatic heterocycles. The normalized spacial score (nSPS) is 12.2. The Labute approximate surface area is 303 Å². The van der Waals surface area contributed by atoms with Gasteiger partial charge in [-0.05, 0) is 60.7 Å². The molecule has 0 amide bonds. The summed E-state index contributed by atoms with van der Waals surface area (Å²) in [6.45, 7) is 0. The minimum atomic E-state index is -4.65. The molecule has 0 saturated carbocycles. The van der Waals surface area contributed by atoms with E-state index < -0.39 is 23.5 Å². The highest BCUT2D eigenvalue weighted by atomic mass is 19.4. The molecule has 0 spiro atoms. The van der Waals surface area contributed by atoms with E-state index >= 15 is 0 Å². The largest absolute Gasteiger partial charge is 0.416 e. The number of para-hydroxylation sites is 2. The van der Waals surface area contributed by atoms with E-state index in [2.05, 4.69) is 6.07 Å². The van der Waals surface area contributed by atoms with E-state index in [0.717, 1.165) is 29.8 Å². The van der Waals surface area contributed by atoms with Crippen LogP contribution < -0.4 is 0 Å². The first-order valence-electron chi connectivity index (χ1n) is 16.8. The van der Waals surface area contributed by atoms with Gasteiger partial charge in [0.1, 0.15) is 11.6 Å². The zero-order valence-corrected chi connectivity index (χ0v) is 27.9. The number of fused-ring (bicyclic) bond motifs is 6. The summed E-state index contributed by atoms with van der Waals surface area (Å²) in [6.07, 6.45) is -9.30. The van der Waals surface area contributed by atoms with Crippen molar-refractivity contribution in [2.75, 3.05) is 0 Å². The van der Waals surface area contributed by atoms with Crippen LogP contribution >= 0.6 is 0 Å². The summed E-state index contributed by atoms with van der Waals surface area (Å²) in [5.41, 5.74) is 2.75. The molecule has 6 aromatic carbocycles. The van der Waals surface area contributed by atoms with Crippen molar-refractivity contribution in [2.45, 2.75) is 12.4 Å². The molecule has 262 valence electrons. The molecule has 0 aliphatic carbocycles. The van der Waals surface area contributed by atoms with Crippen molar-refractivity contribution in [3.8, 4) is 40.0 Å². The number of nitriles is 1. The second kappa shape index (κ2) is 12.1. The molecule has 0 fully saturated rings. The number of nitrogens with zero attached hydrogens (tertiary/aromatic N) is 4. The molecule has 9 rings (SSSR count). The Morgan fingerprint density at radius 3 is 1.37 bits per heavy atom. The van der Waals surface area contributed by atoms with Gasteiger partial charge < -0.3 is 9.13 Å². The van der Waals surface area contributed by atoms with E-state index in [-0.39, 0.29) is 28.0 Å². The molecule has 0 atom stereocenters. The Balaban J connectivity index is 1.44. The minimum Gasteiger partial charge on any atom is -0.308 e. The predicted octanol–water partition coefficient (Wildman–Crippen LogP) is 12.5. The van der Waals surface area contributed by atoms with E-state index in [1.165, 1.54) is 12.1 Å². The fourth-order valence-corrected chi connectivity index (χ4v) is 7.40. The molecule has 0 bridgehead atoms. The highest BCUT2D eigenvalue weighted by Gasteiger charge is 2.33. The van der Waals surface area contributed by atoms with Crippen molar-refractivity contribution in [1.82, 2.24) is 14.1 Å². The summed E-state index contributed by atoms with van der Waals surface area (Å²) < 4.78 is 88.6. The van der Waals surface area contributed by atoms with Crippen molar-refractivity contribution in [2.24, 2.45) is 0 Å². The van der Waals surface area contributed by atoms with Gasteiger partial charge in [0, 0.05) is 32.7 Å². The Morgan fingerprint density at radius 1 is 0.444 bits per heavy atom. The van der Waals surface area contributed by atoms with E-state index in [0.29, 0.717) is 49.5 Å². The summed E-state index contributed by atoms with van der Waals surface area (Å²) in [6, 6.07) is 41.9. The zero-order chi connectivity index (χ0) is 37.4. The summed E-state index contributed by atoms with van der Waals surface area (Å²) in [4.78, 5) is 4.96. The average molecular weight is 723 g/mol. The molecule has 0 unspecified atom stereocenters. The van der Waals surface area contributed by atoms with Crippen LogP contribution in [0.2, 0.25) is 0 Å². The number of hydrogen-bond acceptors (Lipinski definition) is 2. The highest BCUT2D eigenvalue weighted by Crippen LogP contribution is 2.42. The maximum atomic E-state index is 14.2. The van der Waals surface area contributed by atoms with Gasteiger partial charge in [-0.15, -0.1) is 0 Å². The lowest BCUT2D eigenvalue weighted by Crippen LogP contribution is -2.08. The number of rotatable bonds is 4. The van der Waals surface area contributed by atoms with Crippen LogP contribution in [0, 0.1) is 11.3 Å². The zero-order valence-electron chi connectivity index (χ0n) is 27.9. The number of halogens is 6. The molecule has 0 saturated heterocycles. The van der Waals surface area contributed by atoms with Crippen LogP contribution in [0.5, 0.6) is 0 Å². The fourth-order valence-electron chi connectivity index (χ4n) is 7.40. The second-order valence-electron chi connectivity index (χ2n) is 12.9. The molecule has 0 radical (unpaired) electrons. The van der Waals surface area contributed by atoms with Crippen LogP contribution in [0.4, 0.5) is 26.3 Å². The van der Waals surface area contributed by atoms with Crippen molar-refractivity contribution >= 4 is 43.6 Å². The number of alkyl halides is 6. The van der Waals surface area contributed by atoms with Gasteiger partial charge in [0.15, 0.2) is 0 Å². The third-order valence-electron chi connectivity index (χ3n) is 9.81. The maximum Gasteiger partial charge on any atom is 0.416 e. The molecular weight excluding hydrogens is 699 g/mol. The summed E-state index contributed by atoms with van der Waals surface area (Å²) in [7, 11) is 0. The van der Waals surface area contributed by atoms with Gasteiger partial charge in [0.2, 0.25) is 0 Å². The number of benzene rings is 6. The van der Waals surface area contributed by atoms with Gasteiger partial charge in [-0.2, -0.15) is 31.6 Å². The molecule has 10 heteroatoms. The fraction of sp³-hybridized carbons (Fsp3) is 0.0455. The first kappa shape index (κ1) is 33.0. The average Bonchev–Trinajstić information content (AvgIpc) is 3.69. The second-order valence-corrected chi connectivity index (χ2v) is 12.9. The lowest BCUT2D eigenvalue weighted by molar-refractivity contribution is -0.138. The lowest BCUT2D eigenvalue weighted by atomic mass is 10.0. The van der Waals surface area contributed by atoms with Crippen molar-refractivity contribution < 1.29 is 26.3 Å². The standard InChI is InChI=1S/C44H24F6N4/c45-43(46,47)28-17-19-32-30-11-4-6-15-37(30)53(41(32)23-28)39-21-27(36-14-8-13-35(52-36)26-9-2-1-3-10-26)22-40(34(39)25-51)54-38-16-7-5-12-31(38)33-20-18-29(24-42(33)54)44(48,49)50/h1-24H. The van der Waals surface area contributed by atoms with E-state index in [1.807, 2.05) is 42.5 Å². The van der Waals surface area contributed by atoms with Gasteiger partial charge in [0.25, 0.3) is 0 Å². The van der Waals surface area contributed by atoms with Gasteiger partial charge in [-0.1, -0.05) is 84.9 Å². The highest BCUT2D eigenvalue weighted by molar-refractivity contribution is 6.11. The smallest absolute Gasteiger partial charge is 0.308 e. The van der Waals surface area contributed by atoms with E-state index in [4.69, 9.17) is 4.98 Å². The van der Waals surface area contributed by atoms with Gasteiger partial charge in [0.05, 0.1) is 56.0 Å². The number of pyridine rings is 1. The maximum absolute atomic E-state index is 14.2. The van der Waals surface area contributed by atoms with Gasteiger partial charge in [-0.25, -0.2) is 4.98 Å². The van der Waals surface area contributed by atoms with Crippen LogP contribution in [0.25, 0.3) is 77.5 Å². The molecule has 54 heavy (non-hydrogen) atoms. The SMILES string of the molecule is N#Cc1c(-n2c3ccccc3c3ccc(C(F)(F)F)cc32)cc(-c2cccc(-c3ccccc3)n2)cc1-n1c2ccccc2c2ccc(C(F)(F)F)cc21. The first-order chi connectivity index (χ1) is 26.0. The first-order valence-corrected chi connectivity index (χ1v) is 16.8. The Hall–Kier alpha value is -6.86. The van der Waals surface area contributed by atoms with Crippen LogP contribution in [-0.4, -0.2) is 14.1 Å². The van der Waals surface area contributed by atoms with Crippen LogP contribution in [0.15, 0.2) is 146 Å². The van der Waals surface area contributed by atoms with Crippen LogP contribution in [0.3, 0.4) is 0 Å². The topological polar surface area (TPSA) is 46.5 Å². The van der Waals surface area contributed by atoms with Gasteiger partial charge >= 0.3 is 12.4 Å². The summed E-state index contributed by atoms with van der Waals surface area (Å²) in [5.74, 6) is 0. The molecule has 3 heterocycles. The third-order valence-corrected chi connectivity index (χ3v) is 9.81. The Bertz CT molecular complexity index is 2830. The predicted molar refractivity (Wildman–Crippen MR) is 199 cm³/mol. The molecule has 9 aromatic rings. The van der Waals surface area contributed by atoms with Crippen LogP contribution in [0.1, 0.15) is 16.7 Å². The number of hydrogen-bond donors (Lipinski definition) is 0. The quantitative estimate of drug-likeness (QED) is 0.170. The van der Waals surface area contributed by atoms with Gasteiger partial charge in [-0.3, -0.25) is 0 Å². The monoisotopic (exact) mass is 722 g/mol. The molecule has 0 aliphatic heterocycles. The molecule has 4 nitrogen and oxygen atoms in total. The molecular formula is C44H24F6N4. The van der Waals surface area contributed by atoms with Crippen molar-refractivity contribution in [3.05, 3.63) is 162 Å². The van der Waals surface area contributed by atoms with Crippen LogP contribution in [-0.2, 0) is 12.4 Å². The summed E-state index contributed by atoms with van der Waals surface area (Å²) >= 11 is 0. The Kier molecular flexibility index (Phi) is 7.40. The third kappa shape index (κ3) is 5.27. The number of aromatic nitrogens is 3. The molecule has 0 N–H and O–H groups in total.